The molecule has 4 atom stereocenters. The van der Waals surface area contributed by atoms with Gasteiger partial charge in [0.05, 0.1) is 22.4 Å². The molecule has 0 spiro atoms. The highest BCUT2D eigenvalue weighted by molar-refractivity contribution is 6.64. The first kappa shape index (κ1) is 28.8. The molecule has 4 unspecified atom stereocenters. The number of anilines is 2. The highest BCUT2D eigenvalue weighted by Crippen LogP contribution is 2.43. The lowest BCUT2D eigenvalue weighted by molar-refractivity contribution is -0.136. The Morgan fingerprint density at radius 2 is 1.43 bits per heavy atom. The van der Waals surface area contributed by atoms with Gasteiger partial charge >= 0.3 is 0 Å². The number of piperidine rings is 4. The second kappa shape index (κ2) is 11.5. The van der Waals surface area contributed by atoms with Crippen LogP contribution in [0.1, 0.15) is 39.5 Å². The van der Waals surface area contributed by atoms with E-state index in [1.165, 1.54) is 6.42 Å². The molecule has 0 aromatic carbocycles. The number of hydrogen-bond donors (Lipinski definition) is 3. The van der Waals surface area contributed by atoms with Gasteiger partial charge in [0.1, 0.15) is 35.6 Å². The van der Waals surface area contributed by atoms with Gasteiger partial charge in [-0.25, -0.2) is 19.9 Å². The Morgan fingerprint density at radius 3 is 2.09 bits per heavy atom. The number of carbonyl (C=O) groups is 2. The number of amides is 1. The molecule has 4 saturated heterocycles. The monoisotopic (exact) mass is 595 g/mol. The fourth-order valence-electron chi connectivity index (χ4n) is 8.15. The molecule has 1 amide bonds. The van der Waals surface area contributed by atoms with Crippen LogP contribution in [0.2, 0.25) is 0 Å². The van der Waals surface area contributed by atoms with Crippen molar-refractivity contribution in [3.63, 3.8) is 0 Å². The van der Waals surface area contributed by atoms with Gasteiger partial charge in [-0.3, -0.25) is 4.79 Å². The second-order valence-corrected chi connectivity index (χ2v) is 13.3. The molecule has 4 aliphatic rings. The Bertz CT molecular complexity index is 1660. The molecule has 13 heteroatoms. The average molecular weight is 596 g/mol. The number of nitrogens with zero attached hydrogens (tertiary/aromatic N) is 7. The summed E-state index contributed by atoms with van der Waals surface area (Å²) in [5.74, 6) is 3.33. The third kappa shape index (κ3) is 5.10. The average Bonchev–Trinajstić information content (AvgIpc) is 3.71. The lowest BCUT2D eigenvalue weighted by atomic mass is 9.66. The maximum absolute atomic E-state index is 12.4. The third-order valence-electron chi connectivity index (χ3n) is 10.6. The molecule has 0 saturated carbocycles. The number of carbonyl (C=O) groups excluding carboxylic acids is 2. The van der Waals surface area contributed by atoms with Crippen molar-refractivity contribution in [2.75, 3.05) is 55.6 Å². The molecule has 1 radical (unpaired) electrons. The number of fused-ring (bicyclic) bond motifs is 4. The van der Waals surface area contributed by atoms with Gasteiger partial charge in [0.15, 0.2) is 0 Å². The zero-order valence-corrected chi connectivity index (χ0v) is 25.5. The number of hydrogen-bond acceptors (Lipinski definition) is 9. The van der Waals surface area contributed by atoms with Gasteiger partial charge in [0, 0.05) is 45.1 Å². The van der Waals surface area contributed by atoms with E-state index in [4.69, 9.17) is 0 Å². The van der Waals surface area contributed by atoms with E-state index in [0.717, 1.165) is 111 Å². The number of aromatic nitrogens is 6. The van der Waals surface area contributed by atoms with Gasteiger partial charge < -0.3 is 34.7 Å². The summed E-state index contributed by atoms with van der Waals surface area (Å²) in [4.78, 5) is 53.8. The summed E-state index contributed by atoms with van der Waals surface area (Å²) in [6.45, 7) is 10.9. The predicted octanol–water partition coefficient (Wildman–Crippen LogP) is 2.62. The lowest BCUT2D eigenvalue weighted by Crippen LogP contribution is -2.59. The molecule has 4 fully saturated rings. The number of aromatic amines is 2. The summed E-state index contributed by atoms with van der Waals surface area (Å²) in [5.41, 5.74) is 1.61. The summed E-state index contributed by atoms with van der Waals surface area (Å²) < 4.78 is 0. The van der Waals surface area contributed by atoms with Crippen molar-refractivity contribution in [1.29, 1.82) is 0 Å². The topological polar surface area (TPSA) is 139 Å². The lowest BCUT2D eigenvalue weighted by Gasteiger charge is -2.52. The maximum atomic E-state index is 12.4. The molecule has 229 valence electrons. The summed E-state index contributed by atoms with van der Waals surface area (Å²) >= 11 is 0. The van der Waals surface area contributed by atoms with E-state index in [2.05, 4.69) is 63.7 Å². The summed E-state index contributed by atoms with van der Waals surface area (Å²) in [5, 5.41) is 5.13. The smallest absolute Gasteiger partial charge is 0.293 e. The van der Waals surface area contributed by atoms with E-state index in [-0.39, 0.29) is 16.7 Å². The number of H-pyrrole nitrogens is 2. The molecule has 4 aromatic rings. The van der Waals surface area contributed by atoms with Gasteiger partial charge in [-0.2, -0.15) is 0 Å². The molecular formula is C31H40BN10O2. The maximum Gasteiger partial charge on any atom is 0.293 e. The largest absolute Gasteiger partial charge is 0.356 e. The molecule has 4 aliphatic heterocycles. The van der Waals surface area contributed by atoms with Crippen molar-refractivity contribution in [2.24, 2.45) is 22.7 Å². The SMILES string of the molecule is CC12CN([B]C=O)CCC1CCN(c1ncnc3[nH]ccc13)C2.CC12CN(c3ncnc4[nH]ccc34)CCC1CCNC2=O. The van der Waals surface area contributed by atoms with Crippen LogP contribution < -0.4 is 15.1 Å². The number of nitrogens with one attached hydrogen (secondary N) is 3. The van der Waals surface area contributed by atoms with E-state index in [1.54, 1.807) is 20.1 Å². The summed E-state index contributed by atoms with van der Waals surface area (Å²) in [6.07, 6.45) is 12.4. The summed E-state index contributed by atoms with van der Waals surface area (Å²) in [7, 11) is 1.69. The number of rotatable bonds is 4. The zero-order valence-electron chi connectivity index (χ0n) is 25.5. The Kier molecular flexibility index (Phi) is 7.51. The molecule has 0 aliphatic carbocycles. The first-order chi connectivity index (χ1) is 21.4. The van der Waals surface area contributed by atoms with Crippen LogP contribution in [-0.2, 0) is 9.59 Å². The predicted molar refractivity (Wildman–Crippen MR) is 171 cm³/mol. The van der Waals surface area contributed by atoms with Crippen molar-refractivity contribution < 1.29 is 9.59 Å². The Hall–Kier alpha value is -4.00. The van der Waals surface area contributed by atoms with Crippen LogP contribution in [0.3, 0.4) is 0 Å². The van der Waals surface area contributed by atoms with Crippen LogP contribution in [0.25, 0.3) is 22.1 Å². The third-order valence-corrected chi connectivity index (χ3v) is 10.6. The molecule has 3 N–H and O–H groups in total. The van der Waals surface area contributed by atoms with Crippen LogP contribution in [0.15, 0.2) is 37.2 Å². The first-order valence-corrected chi connectivity index (χ1v) is 15.7. The Morgan fingerprint density at radius 1 is 0.818 bits per heavy atom. The van der Waals surface area contributed by atoms with Gasteiger partial charge in [0.25, 0.3) is 7.41 Å². The minimum Gasteiger partial charge on any atom is -0.356 e. The van der Waals surface area contributed by atoms with Gasteiger partial charge in [-0.05, 0) is 75.1 Å². The Labute approximate surface area is 257 Å². The van der Waals surface area contributed by atoms with Gasteiger partial charge in [-0.15, -0.1) is 0 Å². The fourth-order valence-corrected chi connectivity index (χ4v) is 8.15. The van der Waals surface area contributed by atoms with Crippen LogP contribution in [0.4, 0.5) is 11.6 Å². The van der Waals surface area contributed by atoms with Gasteiger partial charge in [0.2, 0.25) is 5.91 Å². The second-order valence-electron chi connectivity index (χ2n) is 13.3. The standard InChI is InChI=1S/C16H21BN5O.C15H19N5O/c1-16-8-21(15-13-2-5-18-14(13)19-11-20-15)6-3-12(16)4-7-22(9-16)17-10-23;1-15-8-20(7-4-10(15)2-5-17-14(15)21)13-11-3-6-16-12(11)18-9-19-13/h2,5,10-12H,3-4,6-9H2,1H3,(H,18,19,20);3,6,9-10H,2,4-5,7-8H2,1H3,(H,17,21)(H,16,18,19). The van der Waals surface area contributed by atoms with Gasteiger partial charge in [-0.1, -0.05) is 6.92 Å². The van der Waals surface area contributed by atoms with Crippen LogP contribution >= 0.6 is 0 Å². The van der Waals surface area contributed by atoms with Crippen molar-refractivity contribution in [3.8, 4) is 0 Å². The van der Waals surface area contributed by atoms with E-state index in [0.29, 0.717) is 5.92 Å². The fraction of sp³-hybridized carbons (Fsp3) is 0.548. The molecule has 8 heterocycles. The molecular weight excluding hydrogens is 555 g/mol. The Balaban J connectivity index is 0.000000143. The van der Waals surface area contributed by atoms with E-state index < -0.39 is 0 Å². The van der Waals surface area contributed by atoms with Crippen LogP contribution in [-0.4, -0.2) is 100 Å². The normalized spacial score (nSPS) is 28.9. The quantitative estimate of drug-likeness (QED) is 0.240. The highest BCUT2D eigenvalue weighted by Gasteiger charge is 2.48. The summed E-state index contributed by atoms with van der Waals surface area (Å²) in [6, 6.07) is 4.05. The zero-order chi connectivity index (χ0) is 30.3. The van der Waals surface area contributed by atoms with Crippen LogP contribution in [0.5, 0.6) is 0 Å². The van der Waals surface area contributed by atoms with Crippen molar-refractivity contribution in [1.82, 2.24) is 40.0 Å². The van der Waals surface area contributed by atoms with Crippen molar-refractivity contribution in [3.05, 3.63) is 37.2 Å². The molecule has 12 nitrogen and oxygen atoms in total. The van der Waals surface area contributed by atoms with E-state index in [1.807, 2.05) is 24.5 Å². The molecule has 0 bridgehead atoms. The molecule has 4 aromatic heterocycles. The van der Waals surface area contributed by atoms with E-state index >= 15 is 0 Å². The minimum absolute atomic E-state index is 0.183. The van der Waals surface area contributed by atoms with Crippen molar-refractivity contribution >= 4 is 53.2 Å². The first-order valence-electron chi connectivity index (χ1n) is 15.7. The van der Waals surface area contributed by atoms with Crippen LogP contribution in [0, 0.1) is 22.7 Å². The highest BCUT2D eigenvalue weighted by atomic mass is 16.2. The van der Waals surface area contributed by atoms with E-state index in [9.17, 15) is 9.59 Å². The molecule has 44 heavy (non-hydrogen) atoms. The van der Waals surface area contributed by atoms with Crippen molar-refractivity contribution in [2.45, 2.75) is 39.5 Å². The molecule has 8 rings (SSSR count). The minimum atomic E-state index is -0.315.